The first-order chi connectivity index (χ1) is 19.3. The van der Waals surface area contributed by atoms with Crippen molar-refractivity contribution in [3.8, 4) is 34.1 Å². The Hall–Kier alpha value is -3.95. The van der Waals surface area contributed by atoms with Gasteiger partial charge < -0.3 is 19.0 Å². The van der Waals surface area contributed by atoms with Gasteiger partial charge in [0.15, 0.2) is 11.4 Å². The number of benzene rings is 2. The summed E-state index contributed by atoms with van der Waals surface area (Å²) in [6.07, 6.45) is 3.91. The molecular weight excluding hydrogens is 507 g/mol. The van der Waals surface area contributed by atoms with Gasteiger partial charge in [-0.25, -0.2) is 14.4 Å². The van der Waals surface area contributed by atoms with Crippen molar-refractivity contribution in [2.24, 2.45) is 7.05 Å². The number of aryl methyl sites for hydroxylation is 2. The molecule has 1 N–H and O–H groups in total. The Morgan fingerprint density at radius 1 is 1.10 bits per heavy atom. The summed E-state index contributed by atoms with van der Waals surface area (Å²) in [5, 5.41) is 11.8. The molecule has 1 fully saturated rings. The van der Waals surface area contributed by atoms with Crippen LogP contribution >= 0.6 is 0 Å². The Morgan fingerprint density at radius 3 is 2.65 bits per heavy atom. The summed E-state index contributed by atoms with van der Waals surface area (Å²) in [4.78, 5) is 9.84. The van der Waals surface area contributed by atoms with Crippen LogP contribution in [0.3, 0.4) is 0 Å². The number of nitrogens with one attached hydrogen (secondary N) is 1. The van der Waals surface area contributed by atoms with Gasteiger partial charge in [-0.3, -0.25) is 0 Å². The van der Waals surface area contributed by atoms with Crippen LogP contribution in [0.15, 0.2) is 53.2 Å². The number of ether oxygens (including phenoxy) is 1. The predicted octanol–water partition coefficient (Wildman–Crippen LogP) is 6.19. The van der Waals surface area contributed by atoms with Gasteiger partial charge in [-0.05, 0) is 86.2 Å². The molecule has 0 spiro atoms. The Kier molecular flexibility index (Phi) is 6.93. The number of hydrogen-bond acceptors (Lipinski definition) is 7. The molecule has 8 nitrogen and oxygen atoms in total. The van der Waals surface area contributed by atoms with Gasteiger partial charge in [-0.2, -0.15) is 0 Å². The van der Waals surface area contributed by atoms with Crippen molar-refractivity contribution in [3.05, 3.63) is 71.4 Å². The fraction of sp³-hybridized carbons (Fsp3) is 0.355. The molecule has 0 aliphatic heterocycles. The van der Waals surface area contributed by atoms with E-state index in [1.807, 2.05) is 20.0 Å². The number of nitrogens with zero attached hydrogens (tertiary/aromatic N) is 5. The van der Waals surface area contributed by atoms with Crippen molar-refractivity contribution >= 4 is 11.1 Å². The van der Waals surface area contributed by atoms with Crippen LogP contribution in [0.4, 0.5) is 4.39 Å². The van der Waals surface area contributed by atoms with E-state index in [1.54, 1.807) is 24.1 Å². The van der Waals surface area contributed by atoms with E-state index in [9.17, 15) is 4.39 Å². The first kappa shape index (κ1) is 26.3. The molecule has 3 heterocycles. The van der Waals surface area contributed by atoms with Crippen LogP contribution in [-0.4, -0.2) is 44.0 Å². The third-order valence-electron chi connectivity index (χ3n) is 7.74. The summed E-state index contributed by atoms with van der Waals surface area (Å²) < 4.78 is 27.9. The summed E-state index contributed by atoms with van der Waals surface area (Å²) >= 11 is 0. The lowest BCUT2D eigenvalue weighted by atomic mass is 9.97. The zero-order valence-electron chi connectivity index (χ0n) is 23.4. The van der Waals surface area contributed by atoms with E-state index in [1.165, 1.54) is 12.1 Å². The van der Waals surface area contributed by atoms with Gasteiger partial charge in [-0.1, -0.05) is 12.1 Å². The summed E-state index contributed by atoms with van der Waals surface area (Å²) in [6.45, 7) is 6.89. The average molecular weight is 541 g/mol. The minimum Gasteiger partial charge on any atom is -0.434 e. The molecule has 40 heavy (non-hydrogen) atoms. The Morgan fingerprint density at radius 2 is 1.93 bits per heavy atom. The third-order valence-corrected chi connectivity index (χ3v) is 7.74. The number of oxazole rings is 1. The number of aromatic nitrogens is 5. The molecule has 1 aliphatic carbocycles. The lowest BCUT2D eigenvalue weighted by Crippen LogP contribution is -2.36. The zero-order chi connectivity index (χ0) is 28.0. The fourth-order valence-electron chi connectivity index (χ4n) is 5.02. The quantitative estimate of drug-likeness (QED) is 0.238. The molecule has 2 aromatic carbocycles. The molecule has 5 aromatic rings. The zero-order valence-corrected chi connectivity index (χ0v) is 23.4. The maximum atomic E-state index is 14.4. The highest BCUT2D eigenvalue weighted by molar-refractivity contribution is 5.84. The molecule has 9 heteroatoms. The van der Waals surface area contributed by atoms with Crippen LogP contribution in [0.2, 0.25) is 0 Å². The van der Waals surface area contributed by atoms with E-state index in [2.05, 4.69) is 47.6 Å². The maximum absolute atomic E-state index is 14.4. The Labute approximate surface area is 232 Å². The Balaban J connectivity index is 1.40. The van der Waals surface area contributed by atoms with Crippen molar-refractivity contribution in [1.82, 2.24) is 30.0 Å². The maximum Gasteiger partial charge on any atom is 0.246 e. The minimum atomic E-state index is -0.329. The molecule has 0 radical (unpaired) electrons. The lowest BCUT2D eigenvalue weighted by molar-refractivity contribution is 0.0882. The van der Waals surface area contributed by atoms with Gasteiger partial charge in [0.05, 0.1) is 6.10 Å². The molecule has 206 valence electrons. The smallest absolute Gasteiger partial charge is 0.246 e. The highest BCUT2D eigenvalue weighted by atomic mass is 19.1. The number of fused-ring (bicyclic) bond motifs is 1. The molecule has 1 saturated carbocycles. The highest BCUT2D eigenvalue weighted by Crippen LogP contribution is 2.42. The SMILES string of the molecule is CO[C@@H](C)[C@H](C)NCc1cc(C)c2oc(-c3cc(-c4ccc(F)cc4-c4nncn4C)cc(C4CC4)n3)nc2c1. The van der Waals surface area contributed by atoms with Gasteiger partial charge in [-0.15, -0.1) is 10.2 Å². The normalized spacial score (nSPS) is 15.1. The largest absolute Gasteiger partial charge is 0.434 e. The number of rotatable bonds is 9. The second-order valence-electron chi connectivity index (χ2n) is 10.8. The molecule has 2 atom stereocenters. The first-order valence-corrected chi connectivity index (χ1v) is 13.6. The lowest BCUT2D eigenvalue weighted by Gasteiger charge is -2.20. The van der Waals surface area contributed by atoms with Crippen molar-refractivity contribution in [2.75, 3.05) is 7.11 Å². The van der Waals surface area contributed by atoms with Gasteiger partial charge in [0.25, 0.3) is 0 Å². The van der Waals surface area contributed by atoms with Crippen LogP contribution in [0.5, 0.6) is 0 Å². The number of pyridine rings is 1. The van der Waals surface area contributed by atoms with Gasteiger partial charge in [0.1, 0.15) is 23.4 Å². The minimum absolute atomic E-state index is 0.109. The van der Waals surface area contributed by atoms with Crippen molar-refractivity contribution in [2.45, 2.75) is 58.2 Å². The molecule has 0 amide bonds. The van der Waals surface area contributed by atoms with Crippen molar-refractivity contribution < 1.29 is 13.5 Å². The van der Waals surface area contributed by atoms with E-state index in [0.717, 1.165) is 51.9 Å². The Bertz CT molecular complexity index is 1690. The molecule has 3 aromatic heterocycles. The monoisotopic (exact) mass is 540 g/mol. The average Bonchev–Trinajstić information content (AvgIpc) is 3.57. The first-order valence-electron chi connectivity index (χ1n) is 13.6. The number of hydrogen-bond donors (Lipinski definition) is 1. The second-order valence-corrected chi connectivity index (χ2v) is 10.8. The third kappa shape index (κ3) is 5.14. The van der Waals surface area contributed by atoms with E-state index in [4.69, 9.17) is 19.1 Å². The van der Waals surface area contributed by atoms with Crippen LogP contribution in [0, 0.1) is 12.7 Å². The summed E-state index contributed by atoms with van der Waals surface area (Å²) in [5.74, 6) is 1.13. The highest BCUT2D eigenvalue weighted by Gasteiger charge is 2.27. The summed E-state index contributed by atoms with van der Waals surface area (Å²) in [7, 11) is 3.57. The number of halogens is 1. The van der Waals surface area contributed by atoms with Crippen LogP contribution in [0.1, 0.15) is 49.4 Å². The van der Waals surface area contributed by atoms with E-state index in [0.29, 0.717) is 35.4 Å². The molecule has 1 aliphatic rings. The summed E-state index contributed by atoms with van der Waals surface area (Å²) in [5.41, 5.74) is 7.76. The van der Waals surface area contributed by atoms with Gasteiger partial charge in [0, 0.05) is 43.9 Å². The van der Waals surface area contributed by atoms with Gasteiger partial charge in [0.2, 0.25) is 5.89 Å². The summed E-state index contributed by atoms with van der Waals surface area (Å²) in [6, 6.07) is 13.2. The van der Waals surface area contributed by atoms with E-state index in [-0.39, 0.29) is 18.0 Å². The van der Waals surface area contributed by atoms with Crippen LogP contribution in [0.25, 0.3) is 45.2 Å². The topological polar surface area (TPSA) is 90.9 Å². The predicted molar refractivity (Wildman–Crippen MR) is 152 cm³/mol. The van der Waals surface area contributed by atoms with Crippen LogP contribution in [-0.2, 0) is 18.3 Å². The van der Waals surface area contributed by atoms with Crippen molar-refractivity contribution in [1.29, 1.82) is 0 Å². The van der Waals surface area contributed by atoms with E-state index < -0.39 is 0 Å². The molecule has 6 rings (SSSR count). The fourth-order valence-corrected chi connectivity index (χ4v) is 5.02. The van der Waals surface area contributed by atoms with Crippen LogP contribution < -0.4 is 5.32 Å². The molecule has 0 unspecified atom stereocenters. The van der Waals surface area contributed by atoms with Gasteiger partial charge >= 0.3 is 0 Å². The standard InChI is InChI=1S/C31H33FN6O2/c1-17-10-20(15-33-18(2)19(3)39-5)11-27-29(17)40-31(36-27)28-13-22(12-26(35-28)21-6-7-21)24-9-8-23(32)14-25(24)30-37-34-16-38(30)4/h8-14,16,18-19,21,33H,6-7,15H2,1-5H3/t18-,19-/m0/s1. The van der Waals surface area contributed by atoms with Crippen molar-refractivity contribution in [3.63, 3.8) is 0 Å². The number of methoxy groups -OCH3 is 1. The molecular formula is C31H33FN6O2. The molecule has 0 bridgehead atoms. The molecule has 0 saturated heterocycles. The van der Waals surface area contributed by atoms with E-state index >= 15 is 0 Å². The second kappa shape index (κ2) is 10.6.